The highest BCUT2D eigenvalue weighted by Gasteiger charge is 2.36. The maximum absolute atomic E-state index is 12.9. The van der Waals surface area contributed by atoms with Crippen LogP contribution >= 0.6 is 0 Å². The smallest absolute Gasteiger partial charge is 0.250 e. The average molecular weight is 418 g/mol. The second kappa shape index (κ2) is 8.10. The molecular formula is C25H26N2O4. The van der Waals surface area contributed by atoms with E-state index in [9.17, 15) is 9.59 Å². The van der Waals surface area contributed by atoms with E-state index in [0.29, 0.717) is 31.8 Å². The predicted octanol–water partition coefficient (Wildman–Crippen LogP) is 3.70. The Morgan fingerprint density at radius 3 is 2.71 bits per heavy atom. The highest BCUT2D eigenvalue weighted by Crippen LogP contribution is 2.35. The molecule has 2 bridgehead atoms. The lowest BCUT2D eigenvalue weighted by Gasteiger charge is -2.42. The average Bonchev–Trinajstić information content (AvgIpc) is 3.27. The van der Waals surface area contributed by atoms with Crippen LogP contribution in [0.2, 0.25) is 0 Å². The molecule has 160 valence electrons. The lowest BCUT2D eigenvalue weighted by Crippen LogP contribution is -2.49. The number of hydrogen-bond acceptors (Lipinski definition) is 4. The van der Waals surface area contributed by atoms with E-state index < -0.39 is 0 Å². The van der Waals surface area contributed by atoms with Crippen molar-refractivity contribution in [3.8, 4) is 17.1 Å². The number of pyridine rings is 1. The molecule has 2 aromatic heterocycles. The Hall–Kier alpha value is -3.28. The van der Waals surface area contributed by atoms with Crippen LogP contribution in [-0.4, -0.2) is 35.6 Å². The van der Waals surface area contributed by atoms with Crippen LogP contribution in [0.5, 0.6) is 5.75 Å². The molecule has 2 aliphatic heterocycles. The van der Waals surface area contributed by atoms with Crippen LogP contribution in [0.3, 0.4) is 0 Å². The number of furan rings is 1. The van der Waals surface area contributed by atoms with E-state index in [1.165, 1.54) is 0 Å². The zero-order chi connectivity index (χ0) is 21.4. The van der Waals surface area contributed by atoms with E-state index in [4.69, 9.17) is 9.15 Å². The molecule has 3 aromatic rings. The highest BCUT2D eigenvalue weighted by atomic mass is 16.5. The second-order valence-corrected chi connectivity index (χ2v) is 8.49. The fourth-order valence-corrected chi connectivity index (χ4v) is 4.91. The summed E-state index contributed by atoms with van der Waals surface area (Å²) in [7, 11) is 1.64. The van der Waals surface area contributed by atoms with E-state index in [0.717, 1.165) is 41.5 Å². The van der Waals surface area contributed by atoms with E-state index in [1.54, 1.807) is 13.2 Å². The minimum Gasteiger partial charge on any atom is -0.497 e. The molecule has 2 aliphatic rings. The summed E-state index contributed by atoms with van der Waals surface area (Å²) in [5.74, 6) is 3.16. The molecule has 0 saturated carbocycles. The number of aromatic nitrogens is 1. The summed E-state index contributed by atoms with van der Waals surface area (Å²) in [6, 6.07) is 17.1. The number of methoxy groups -OCH3 is 1. The van der Waals surface area contributed by atoms with Gasteiger partial charge in [-0.1, -0.05) is 6.07 Å². The lowest BCUT2D eigenvalue weighted by atomic mass is 9.83. The Balaban J connectivity index is 1.22. The number of carbonyl (C=O) groups is 1. The first kappa shape index (κ1) is 19.7. The number of likely N-dealkylation sites (tertiary alicyclic amines) is 1. The monoisotopic (exact) mass is 418 g/mol. The quantitative estimate of drug-likeness (QED) is 0.634. The number of piperidine rings is 1. The SMILES string of the molecule is COc1ccc(-c2ccc(CCC(=O)N3CC4CC(C3)c3cccc(=O)n3C4)o2)cc1. The number of aryl methyl sites for hydroxylation is 1. The second-order valence-electron chi connectivity index (χ2n) is 8.49. The molecule has 6 heteroatoms. The number of benzene rings is 1. The van der Waals surface area contributed by atoms with E-state index in [1.807, 2.05) is 58.0 Å². The number of carbonyl (C=O) groups excluding carboxylic acids is 1. The van der Waals surface area contributed by atoms with Gasteiger partial charge in [-0.15, -0.1) is 0 Å². The first-order chi connectivity index (χ1) is 15.1. The number of hydrogen-bond donors (Lipinski definition) is 0. The van der Waals surface area contributed by atoms with Crippen LogP contribution in [0.25, 0.3) is 11.3 Å². The molecule has 0 N–H and O–H groups in total. The maximum Gasteiger partial charge on any atom is 0.250 e. The summed E-state index contributed by atoms with van der Waals surface area (Å²) in [5.41, 5.74) is 2.12. The van der Waals surface area contributed by atoms with Gasteiger partial charge in [-0.05, 0) is 54.8 Å². The number of fused-ring (bicyclic) bond motifs is 4. The molecule has 0 radical (unpaired) electrons. The Morgan fingerprint density at radius 1 is 1.06 bits per heavy atom. The molecule has 0 spiro atoms. The molecule has 2 atom stereocenters. The molecule has 1 amide bonds. The third-order valence-electron chi connectivity index (χ3n) is 6.45. The van der Waals surface area contributed by atoms with Gasteiger partial charge in [-0.3, -0.25) is 9.59 Å². The fraction of sp³-hybridized carbons (Fsp3) is 0.360. The van der Waals surface area contributed by atoms with Crippen LogP contribution in [0, 0.1) is 5.92 Å². The normalized spacial score (nSPS) is 19.7. The van der Waals surface area contributed by atoms with Crippen molar-refractivity contribution < 1.29 is 13.9 Å². The van der Waals surface area contributed by atoms with Crippen molar-refractivity contribution in [2.45, 2.75) is 31.7 Å². The maximum atomic E-state index is 12.9. The molecule has 4 heterocycles. The molecular weight excluding hydrogens is 392 g/mol. The zero-order valence-electron chi connectivity index (χ0n) is 17.6. The molecule has 2 unspecified atom stereocenters. The number of amides is 1. The van der Waals surface area contributed by atoms with Crippen molar-refractivity contribution >= 4 is 5.91 Å². The molecule has 6 nitrogen and oxygen atoms in total. The third kappa shape index (κ3) is 3.90. The molecule has 1 saturated heterocycles. The predicted molar refractivity (Wildman–Crippen MR) is 117 cm³/mol. The van der Waals surface area contributed by atoms with Gasteiger partial charge in [-0.25, -0.2) is 0 Å². The van der Waals surface area contributed by atoms with Crippen LogP contribution < -0.4 is 10.3 Å². The van der Waals surface area contributed by atoms with Gasteiger partial charge < -0.3 is 18.6 Å². The molecule has 5 rings (SSSR count). The summed E-state index contributed by atoms with van der Waals surface area (Å²) in [6.45, 7) is 2.12. The van der Waals surface area contributed by atoms with E-state index in [2.05, 4.69) is 0 Å². The van der Waals surface area contributed by atoms with Gasteiger partial charge in [0.2, 0.25) is 5.91 Å². The minimum atomic E-state index is 0.0671. The molecule has 0 aliphatic carbocycles. The van der Waals surface area contributed by atoms with Gasteiger partial charge in [-0.2, -0.15) is 0 Å². The van der Waals surface area contributed by atoms with Crippen molar-refractivity contribution in [3.05, 3.63) is 76.4 Å². The van der Waals surface area contributed by atoms with Crippen molar-refractivity contribution in [2.75, 3.05) is 20.2 Å². The van der Waals surface area contributed by atoms with Gasteiger partial charge >= 0.3 is 0 Å². The zero-order valence-corrected chi connectivity index (χ0v) is 17.6. The van der Waals surface area contributed by atoms with E-state index in [-0.39, 0.29) is 17.4 Å². The topological polar surface area (TPSA) is 64.7 Å². The van der Waals surface area contributed by atoms with Crippen LogP contribution in [-0.2, 0) is 17.8 Å². The summed E-state index contributed by atoms with van der Waals surface area (Å²) in [6.07, 6.45) is 2.06. The van der Waals surface area contributed by atoms with Gasteiger partial charge in [0.15, 0.2) is 0 Å². The van der Waals surface area contributed by atoms with Crippen molar-refractivity contribution in [2.24, 2.45) is 5.92 Å². The first-order valence-electron chi connectivity index (χ1n) is 10.8. The Kier molecular flexibility index (Phi) is 5.14. The Morgan fingerprint density at radius 2 is 1.90 bits per heavy atom. The Labute approximate surface area is 181 Å². The summed E-state index contributed by atoms with van der Waals surface area (Å²) in [4.78, 5) is 27.1. The van der Waals surface area contributed by atoms with Crippen molar-refractivity contribution in [3.63, 3.8) is 0 Å². The summed E-state index contributed by atoms with van der Waals surface area (Å²) < 4.78 is 13.1. The highest BCUT2D eigenvalue weighted by molar-refractivity contribution is 5.76. The minimum absolute atomic E-state index is 0.0671. The first-order valence-corrected chi connectivity index (χ1v) is 10.8. The van der Waals surface area contributed by atoms with Gasteiger partial charge in [0.1, 0.15) is 17.3 Å². The lowest BCUT2D eigenvalue weighted by molar-refractivity contribution is -0.134. The van der Waals surface area contributed by atoms with Gasteiger partial charge in [0, 0.05) is 55.7 Å². The summed E-state index contributed by atoms with van der Waals surface area (Å²) >= 11 is 0. The fourth-order valence-electron chi connectivity index (χ4n) is 4.91. The summed E-state index contributed by atoms with van der Waals surface area (Å²) in [5, 5.41) is 0. The van der Waals surface area contributed by atoms with Crippen LogP contribution in [0.1, 0.15) is 30.2 Å². The number of nitrogens with zero attached hydrogens (tertiary/aromatic N) is 2. The third-order valence-corrected chi connectivity index (χ3v) is 6.45. The molecule has 1 fully saturated rings. The Bertz CT molecular complexity index is 1140. The molecule has 1 aromatic carbocycles. The van der Waals surface area contributed by atoms with Crippen molar-refractivity contribution in [1.82, 2.24) is 9.47 Å². The van der Waals surface area contributed by atoms with Gasteiger partial charge in [0.05, 0.1) is 7.11 Å². The standard InChI is InChI=1S/C25H26N2O4/c1-30-20-7-5-18(6-8-20)23-11-9-21(31-23)10-12-24(28)26-14-17-13-19(16-26)22-3-2-4-25(29)27(22)15-17/h2-9,11,17,19H,10,12-16H2,1H3. The largest absolute Gasteiger partial charge is 0.497 e. The number of rotatable bonds is 5. The van der Waals surface area contributed by atoms with Crippen LogP contribution in [0.4, 0.5) is 0 Å². The van der Waals surface area contributed by atoms with Crippen LogP contribution in [0.15, 0.2) is 63.8 Å². The van der Waals surface area contributed by atoms with E-state index >= 15 is 0 Å². The molecule has 31 heavy (non-hydrogen) atoms. The number of ether oxygens (including phenoxy) is 1. The van der Waals surface area contributed by atoms with Gasteiger partial charge in [0.25, 0.3) is 5.56 Å². The van der Waals surface area contributed by atoms with Crippen molar-refractivity contribution in [1.29, 1.82) is 0 Å².